The molecular formula is C12H12Cl2N6OS. The van der Waals surface area contributed by atoms with Crippen LogP contribution in [0.25, 0.3) is 0 Å². The van der Waals surface area contributed by atoms with Gasteiger partial charge in [-0.3, -0.25) is 4.79 Å². The molecule has 7 nitrogen and oxygen atoms in total. The Balaban J connectivity index is 2.02. The van der Waals surface area contributed by atoms with E-state index in [0.717, 1.165) is 0 Å². The number of thioether (sulfide) groups is 1. The topological polar surface area (TPSA) is 85.6 Å². The Bertz CT molecular complexity index is 692. The zero-order chi connectivity index (χ0) is 16.1. The van der Waals surface area contributed by atoms with Crippen LogP contribution in [0.15, 0.2) is 30.1 Å². The fourth-order valence-corrected chi connectivity index (χ4v) is 2.68. The van der Waals surface area contributed by atoms with Crippen molar-refractivity contribution < 1.29 is 4.79 Å². The third-order valence-electron chi connectivity index (χ3n) is 2.50. The molecule has 2 heterocycles. The summed E-state index contributed by atoms with van der Waals surface area (Å²) < 4.78 is 1.55. The second kappa shape index (κ2) is 7.57. The first-order valence-electron chi connectivity index (χ1n) is 6.17. The Kier molecular flexibility index (Phi) is 5.76. The highest BCUT2D eigenvalue weighted by molar-refractivity contribution is 8.00. The van der Waals surface area contributed by atoms with Gasteiger partial charge < -0.3 is 5.32 Å². The van der Waals surface area contributed by atoms with Crippen LogP contribution in [0, 0.1) is 0 Å². The summed E-state index contributed by atoms with van der Waals surface area (Å²) in [6, 6.07) is 1.51. The van der Waals surface area contributed by atoms with E-state index in [1.807, 2.05) is 0 Å². The average Bonchev–Trinajstić information content (AvgIpc) is 2.89. The van der Waals surface area contributed by atoms with Crippen LogP contribution >= 0.6 is 35.0 Å². The molecule has 1 N–H and O–H groups in total. The summed E-state index contributed by atoms with van der Waals surface area (Å²) in [5, 5.41) is 14.7. The lowest BCUT2D eigenvalue weighted by Crippen LogP contribution is -2.23. The smallest absolute Gasteiger partial charge is 0.238 e. The number of halogens is 2. The summed E-state index contributed by atoms with van der Waals surface area (Å²) >= 11 is 13.0. The number of hydrogen-bond acceptors (Lipinski definition) is 6. The highest BCUT2D eigenvalue weighted by atomic mass is 35.5. The highest BCUT2D eigenvalue weighted by Gasteiger charge is 2.19. The van der Waals surface area contributed by atoms with E-state index in [1.165, 1.54) is 24.0 Å². The van der Waals surface area contributed by atoms with Crippen LogP contribution in [0.5, 0.6) is 0 Å². The first-order chi connectivity index (χ1) is 10.5. The van der Waals surface area contributed by atoms with Gasteiger partial charge in [-0.2, -0.15) is 0 Å². The molecule has 116 valence electrons. The largest absolute Gasteiger partial charge is 0.308 e. The number of pyridine rings is 1. The van der Waals surface area contributed by atoms with Crippen LogP contribution in [0.2, 0.25) is 10.0 Å². The quantitative estimate of drug-likeness (QED) is 0.631. The Labute approximate surface area is 141 Å². The maximum Gasteiger partial charge on any atom is 0.238 e. The lowest BCUT2D eigenvalue weighted by Gasteiger charge is -2.11. The van der Waals surface area contributed by atoms with E-state index >= 15 is 0 Å². The third-order valence-corrected chi connectivity index (χ3v) is 4.07. The number of hydrogen-bond donors (Lipinski definition) is 1. The molecule has 0 spiro atoms. The number of aromatic nitrogens is 5. The maximum atomic E-state index is 12.2. The van der Waals surface area contributed by atoms with Crippen molar-refractivity contribution in [1.82, 2.24) is 25.2 Å². The minimum atomic E-state index is -0.442. The minimum absolute atomic E-state index is 0.259. The van der Waals surface area contributed by atoms with E-state index in [2.05, 4.69) is 32.4 Å². The molecule has 22 heavy (non-hydrogen) atoms. The average molecular weight is 359 g/mol. The number of carbonyl (C=O) groups excluding carboxylic acids is 1. The molecule has 0 aliphatic rings. The molecule has 0 bridgehead atoms. The van der Waals surface area contributed by atoms with Gasteiger partial charge in [-0.15, -0.1) is 11.7 Å². The Morgan fingerprint density at radius 1 is 1.59 bits per heavy atom. The van der Waals surface area contributed by atoms with Crippen LogP contribution in [0.4, 0.5) is 5.82 Å². The maximum absolute atomic E-state index is 12.2. The van der Waals surface area contributed by atoms with Gasteiger partial charge in [0.1, 0.15) is 0 Å². The second-order valence-corrected chi connectivity index (χ2v) is 6.32. The molecule has 0 fully saturated rings. The molecule has 0 aliphatic heterocycles. The van der Waals surface area contributed by atoms with Gasteiger partial charge >= 0.3 is 0 Å². The van der Waals surface area contributed by atoms with Gasteiger partial charge in [-0.25, -0.2) is 9.67 Å². The monoisotopic (exact) mass is 358 g/mol. The van der Waals surface area contributed by atoms with E-state index in [0.29, 0.717) is 16.7 Å². The summed E-state index contributed by atoms with van der Waals surface area (Å²) in [6.45, 7) is 5.82. The van der Waals surface area contributed by atoms with Crippen LogP contribution in [-0.4, -0.2) is 36.3 Å². The SMILES string of the molecule is C=CCn1nnnc1SC(C)C(=O)Nc1ncc(Cl)cc1Cl. The molecule has 2 rings (SSSR count). The molecule has 0 aromatic carbocycles. The molecule has 0 radical (unpaired) electrons. The second-order valence-electron chi connectivity index (χ2n) is 4.17. The molecule has 1 amide bonds. The van der Waals surface area contributed by atoms with Crippen molar-refractivity contribution in [2.45, 2.75) is 23.9 Å². The first kappa shape index (κ1) is 16.7. The van der Waals surface area contributed by atoms with E-state index in [1.54, 1.807) is 17.7 Å². The van der Waals surface area contributed by atoms with E-state index in [-0.39, 0.29) is 16.7 Å². The first-order valence-corrected chi connectivity index (χ1v) is 7.80. The van der Waals surface area contributed by atoms with Crippen molar-refractivity contribution in [2.75, 3.05) is 5.32 Å². The third kappa shape index (κ3) is 4.19. The standard InChI is InChI=1S/C12H12Cl2N6OS/c1-3-4-20-12(17-18-19-20)22-7(2)11(21)16-10-9(14)5-8(13)6-15-10/h3,5-7H,1,4H2,2H3,(H,15,16,21). The molecule has 2 aromatic rings. The van der Waals surface area contributed by atoms with Gasteiger partial charge in [0.15, 0.2) is 5.82 Å². The van der Waals surface area contributed by atoms with E-state index in [4.69, 9.17) is 23.2 Å². The van der Waals surface area contributed by atoms with E-state index < -0.39 is 5.25 Å². The van der Waals surface area contributed by atoms with Gasteiger partial charge in [0.25, 0.3) is 0 Å². The summed E-state index contributed by atoms with van der Waals surface area (Å²) in [7, 11) is 0. The minimum Gasteiger partial charge on any atom is -0.308 e. The van der Waals surface area contributed by atoms with Crippen LogP contribution in [0.3, 0.4) is 0 Å². The predicted molar refractivity (Wildman–Crippen MR) is 86.2 cm³/mol. The summed E-state index contributed by atoms with van der Waals surface area (Å²) in [4.78, 5) is 16.2. The Hall–Kier alpha value is -1.64. The van der Waals surface area contributed by atoms with Crippen LogP contribution in [0.1, 0.15) is 6.92 Å². The normalized spacial score (nSPS) is 12.0. The van der Waals surface area contributed by atoms with Gasteiger partial charge in [-0.1, -0.05) is 41.0 Å². The van der Waals surface area contributed by atoms with Crippen molar-refractivity contribution >= 4 is 46.7 Å². The molecule has 2 aromatic heterocycles. The zero-order valence-electron chi connectivity index (χ0n) is 11.5. The summed E-state index contributed by atoms with van der Waals surface area (Å²) in [5.41, 5.74) is 0. The van der Waals surface area contributed by atoms with Crippen molar-refractivity contribution in [3.8, 4) is 0 Å². The van der Waals surface area contributed by atoms with Gasteiger partial charge in [0.05, 0.1) is 21.8 Å². The van der Waals surface area contributed by atoms with Gasteiger partial charge in [-0.05, 0) is 23.4 Å². The number of rotatable bonds is 6. The molecule has 0 aliphatic carbocycles. The number of tetrazole rings is 1. The van der Waals surface area contributed by atoms with Crippen LogP contribution < -0.4 is 5.32 Å². The molecule has 0 saturated carbocycles. The van der Waals surface area contributed by atoms with Crippen molar-refractivity contribution in [1.29, 1.82) is 0 Å². The van der Waals surface area contributed by atoms with Gasteiger partial charge in [0, 0.05) is 6.20 Å². The number of amides is 1. The fourth-order valence-electron chi connectivity index (χ4n) is 1.45. The predicted octanol–water partition coefficient (Wildman–Crippen LogP) is 2.68. The lowest BCUT2D eigenvalue weighted by molar-refractivity contribution is -0.115. The number of allylic oxidation sites excluding steroid dienone is 1. The molecule has 1 atom stereocenters. The van der Waals surface area contributed by atoms with Crippen molar-refractivity contribution in [3.63, 3.8) is 0 Å². The summed E-state index contributed by atoms with van der Waals surface area (Å²) in [5.74, 6) is -0.0101. The molecule has 10 heteroatoms. The fraction of sp³-hybridized carbons (Fsp3) is 0.250. The Morgan fingerprint density at radius 3 is 3.05 bits per heavy atom. The van der Waals surface area contributed by atoms with Crippen molar-refractivity contribution in [3.05, 3.63) is 35.0 Å². The molecular weight excluding hydrogens is 347 g/mol. The Morgan fingerprint density at radius 2 is 2.36 bits per heavy atom. The van der Waals surface area contributed by atoms with Gasteiger partial charge in [0.2, 0.25) is 11.1 Å². The highest BCUT2D eigenvalue weighted by Crippen LogP contribution is 2.25. The van der Waals surface area contributed by atoms with Crippen molar-refractivity contribution in [2.24, 2.45) is 0 Å². The summed E-state index contributed by atoms with van der Waals surface area (Å²) in [6.07, 6.45) is 3.08. The van der Waals surface area contributed by atoms with Crippen LogP contribution in [-0.2, 0) is 11.3 Å². The van der Waals surface area contributed by atoms with E-state index in [9.17, 15) is 4.79 Å². The number of nitrogens with zero attached hydrogens (tertiary/aromatic N) is 5. The molecule has 1 unspecified atom stereocenters. The lowest BCUT2D eigenvalue weighted by atomic mass is 10.4. The zero-order valence-corrected chi connectivity index (χ0v) is 13.9. The number of nitrogens with one attached hydrogen (secondary N) is 1. The molecule has 0 saturated heterocycles. The number of anilines is 1. The number of carbonyl (C=O) groups is 1.